The molecule has 5 nitrogen and oxygen atoms in total. The SMILES string of the molecule is N#Cc1ccc(C[C@H](C[C@H](O)[C@@H](N)CC2CCCCC2)C(=O)O)cc1. The largest absolute Gasteiger partial charge is 0.481 e. The molecule has 0 bridgehead atoms. The van der Waals surface area contributed by atoms with Gasteiger partial charge in [-0.3, -0.25) is 4.79 Å². The summed E-state index contributed by atoms with van der Waals surface area (Å²) < 4.78 is 0. The van der Waals surface area contributed by atoms with Crippen LogP contribution in [0.15, 0.2) is 24.3 Å². The van der Waals surface area contributed by atoms with Crippen molar-refractivity contribution in [3.63, 3.8) is 0 Å². The van der Waals surface area contributed by atoms with E-state index < -0.39 is 18.0 Å². The van der Waals surface area contributed by atoms with Gasteiger partial charge in [0, 0.05) is 6.04 Å². The highest BCUT2D eigenvalue weighted by Crippen LogP contribution is 2.28. The number of aliphatic carboxylic acids is 1. The smallest absolute Gasteiger partial charge is 0.306 e. The summed E-state index contributed by atoms with van der Waals surface area (Å²) in [5.74, 6) is -1.05. The highest BCUT2D eigenvalue weighted by molar-refractivity contribution is 5.70. The molecule has 25 heavy (non-hydrogen) atoms. The van der Waals surface area contributed by atoms with Crippen LogP contribution in [0, 0.1) is 23.2 Å². The van der Waals surface area contributed by atoms with Gasteiger partial charge in [0.25, 0.3) is 0 Å². The number of hydrogen-bond acceptors (Lipinski definition) is 4. The molecule has 1 aliphatic carbocycles. The number of carboxylic acids is 1. The fourth-order valence-corrected chi connectivity index (χ4v) is 3.70. The van der Waals surface area contributed by atoms with Gasteiger partial charge in [-0.25, -0.2) is 0 Å². The van der Waals surface area contributed by atoms with Crippen LogP contribution in [-0.2, 0) is 11.2 Å². The van der Waals surface area contributed by atoms with E-state index in [2.05, 4.69) is 0 Å². The monoisotopic (exact) mass is 344 g/mol. The minimum absolute atomic E-state index is 0.156. The molecule has 1 aliphatic rings. The number of hydrogen-bond donors (Lipinski definition) is 3. The summed E-state index contributed by atoms with van der Waals surface area (Å²) in [5, 5.41) is 28.7. The molecule has 0 aromatic heterocycles. The van der Waals surface area contributed by atoms with E-state index in [9.17, 15) is 15.0 Å². The van der Waals surface area contributed by atoms with E-state index in [-0.39, 0.29) is 12.5 Å². The van der Waals surface area contributed by atoms with Crippen molar-refractivity contribution in [2.75, 3.05) is 0 Å². The molecule has 136 valence electrons. The fourth-order valence-electron chi connectivity index (χ4n) is 3.70. The van der Waals surface area contributed by atoms with Gasteiger partial charge in [0.2, 0.25) is 0 Å². The Labute approximate surface area is 149 Å². The molecule has 0 radical (unpaired) electrons. The third-order valence-electron chi connectivity index (χ3n) is 5.26. The van der Waals surface area contributed by atoms with Crippen LogP contribution in [0.3, 0.4) is 0 Å². The lowest BCUT2D eigenvalue weighted by Gasteiger charge is -2.28. The van der Waals surface area contributed by atoms with Crippen molar-refractivity contribution < 1.29 is 15.0 Å². The number of aliphatic hydroxyl groups is 1. The molecular weight excluding hydrogens is 316 g/mol. The van der Waals surface area contributed by atoms with E-state index in [1.807, 2.05) is 6.07 Å². The minimum atomic E-state index is -0.923. The zero-order valence-electron chi connectivity index (χ0n) is 14.6. The van der Waals surface area contributed by atoms with Crippen LogP contribution in [-0.4, -0.2) is 28.3 Å². The Bertz CT molecular complexity index is 588. The van der Waals surface area contributed by atoms with Crippen LogP contribution >= 0.6 is 0 Å². The molecule has 2 rings (SSSR count). The van der Waals surface area contributed by atoms with Gasteiger partial charge in [-0.15, -0.1) is 0 Å². The Morgan fingerprint density at radius 2 is 1.88 bits per heavy atom. The van der Waals surface area contributed by atoms with Crippen LogP contribution in [0.4, 0.5) is 0 Å². The van der Waals surface area contributed by atoms with Crippen molar-refractivity contribution in [1.82, 2.24) is 0 Å². The number of rotatable bonds is 8. The molecule has 0 aliphatic heterocycles. The van der Waals surface area contributed by atoms with E-state index in [1.165, 1.54) is 19.3 Å². The third-order valence-corrected chi connectivity index (χ3v) is 5.26. The zero-order chi connectivity index (χ0) is 18.2. The number of benzene rings is 1. The van der Waals surface area contributed by atoms with Gasteiger partial charge in [-0.2, -0.15) is 5.26 Å². The summed E-state index contributed by atoms with van der Waals surface area (Å²) in [6.45, 7) is 0. The highest BCUT2D eigenvalue weighted by atomic mass is 16.4. The van der Waals surface area contributed by atoms with Crippen molar-refractivity contribution in [3.05, 3.63) is 35.4 Å². The average molecular weight is 344 g/mol. The minimum Gasteiger partial charge on any atom is -0.481 e. The summed E-state index contributed by atoms with van der Waals surface area (Å²) in [7, 11) is 0. The molecule has 0 heterocycles. The van der Waals surface area contributed by atoms with Crippen molar-refractivity contribution in [3.8, 4) is 6.07 Å². The average Bonchev–Trinajstić information content (AvgIpc) is 2.62. The van der Waals surface area contributed by atoms with Gasteiger partial charge in [-0.05, 0) is 42.9 Å². The summed E-state index contributed by atoms with van der Waals surface area (Å²) in [5.41, 5.74) is 7.54. The van der Waals surface area contributed by atoms with Gasteiger partial charge in [0.15, 0.2) is 0 Å². The second-order valence-electron chi connectivity index (χ2n) is 7.25. The molecule has 0 amide bonds. The van der Waals surface area contributed by atoms with E-state index in [0.29, 0.717) is 17.9 Å². The van der Waals surface area contributed by atoms with E-state index in [0.717, 1.165) is 24.8 Å². The Kier molecular flexibility index (Phi) is 7.42. The molecule has 1 aromatic carbocycles. The Morgan fingerprint density at radius 1 is 1.24 bits per heavy atom. The van der Waals surface area contributed by atoms with Crippen molar-refractivity contribution >= 4 is 5.97 Å². The van der Waals surface area contributed by atoms with E-state index in [1.54, 1.807) is 24.3 Å². The maximum atomic E-state index is 11.6. The maximum absolute atomic E-state index is 11.6. The lowest BCUT2D eigenvalue weighted by Crippen LogP contribution is -2.39. The first-order valence-corrected chi connectivity index (χ1v) is 9.15. The number of nitriles is 1. The van der Waals surface area contributed by atoms with Gasteiger partial charge in [0.05, 0.1) is 23.7 Å². The van der Waals surface area contributed by atoms with Crippen LogP contribution in [0.5, 0.6) is 0 Å². The van der Waals surface area contributed by atoms with Crippen molar-refractivity contribution in [1.29, 1.82) is 5.26 Å². The van der Waals surface area contributed by atoms with Crippen molar-refractivity contribution in [2.45, 2.75) is 63.5 Å². The first-order chi connectivity index (χ1) is 12.0. The van der Waals surface area contributed by atoms with Crippen molar-refractivity contribution in [2.24, 2.45) is 17.6 Å². The summed E-state index contributed by atoms with van der Waals surface area (Å²) in [6, 6.07) is 8.57. The molecular formula is C20H28N2O3. The standard InChI is InChI=1S/C20H28N2O3/c21-13-16-8-6-15(7-9-16)10-17(20(24)25)12-19(23)18(22)11-14-4-2-1-3-5-14/h6-9,14,17-19,23H,1-5,10-12,22H2,(H,24,25)/t17-,18+,19+/m1/s1. The van der Waals surface area contributed by atoms with Crippen LogP contribution in [0.1, 0.15) is 56.1 Å². The Hall–Kier alpha value is -1.90. The summed E-state index contributed by atoms with van der Waals surface area (Å²) >= 11 is 0. The number of carboxylic acid groups (broad SMARTS) is 1. The first kappa shape index (κ1) is 19.4. The first-order valence-electron chi connectivity index (χ1n) is 9.15. The van der Waals surface area contributed by atoms with Gasteiger partial charge in [-0.1, -0.05) is 44.2 Å². The lowest BCUT2D eigenvalue weighted by molar-refractivity contribution is -0.143. The third kappa shape index (κ3) is 6.15. The Balaban J connectivity index is 1.90. The fraction of sp³-hybridized carbons (Fsp3) is 0.600. The number of aliphatic hydroxyl groups excluding tert-OH is 1. The number of nitrogens with two attached hydrogens (primary N) is 1. The highest BCUT2D eigenvalue weighted by Gasteiger charge is 2.27. The molecule has 0 spiro atoms. The van der Waals surface area contributed by atoms with Crippen LogP contribution in [0.25, 0.3) is 0 Å². The van der Waals surface area contributed by atoms with E-state index in [4.69, 9.17) is 11.0 Å². The molecule has 3 atom stereocenters. The second-order valence-corrected chi connectivity index (χ2v) is 7.25. The van der Waals surface area contributed by atoms with E-state index >= 15 is 0 Å². The molecule has 1 fully saturated rings. The predicted molar refractivity (Wildman–Crippen MR) is 95.8 cm³/mol. The summed E-state index contributed by atoms with van der Waals surface area (Å²) in [6.07, 6.45) is 6.50. The number of nitrogens with zero attached hydrogens (tertiary/aromatic N) is 1. The molecule has 5 heteroatoms. The molecule has 0 saturated heterocycles. The summed E-state index contributed by atoms with van der Waals surface area (Å²) in [4.78, 5) is 11.6. The van der Waals surface area contributed by atoms with Crippen LogP contribution < -0.4 is 5.73 Å². The normalized spacial score (nSPS) is 18.9. The Morgan fingerprint density at radius 3 is 2.44 bits per heavy atom. The molecule has 4 N–H and O–H groups in total. The predicted octanol–water partition coefficient (Wildman–Crippen LogP) is 2.85. The quantitative estimate of drug-likeness (QED) is 0.672. The number of carbonyl (C=O) groups is 1. The maximum Gasteiger partial charge on any atom is 0.306 e. The molecule has 1 saturated carbocycles. The van der Waals surface area contributed by atoms with Gasteiger partial charge < -0.3 is 15.9 Å². The lowest BCUT2D eigenvalue weighted by atomic mass is 9.82. The molecule has 0 unspecified atom stereocenters. The molecule has 1 aromatic rings. The van der Waals surface area contributed by atoms with Crippen LogP contribution in [0.2, 0.25) is 0 Å². The van der Waals surface area contributed by atoms with Gasteiger partial charge >= 0.3 is 5.97 Å². The second kappa shape index (κ2) is 9.55. The topological polar surface area (TPSA) is 107 Å². The van der Waals surface area contributed by atoms with Gasteiger partial charge in [0.1, 0.15) is 0 Å². The zero-order valence-corrected chi connectivity index (χ0v) is 14.6.